The number of thiophene rings is 1. The molecule has 0 aliphatic heterocycles. The van der Waals surface area contributed by atoms with Crippen LogP contribution in [0.2, 0.25) is 0 Å². The molecule has 3 rings (SSSR count). The fraction of sp³-hybridized carbons (Fsp3) is 0.750. The molecule has 0 radical (unpaired) electrons. The van der Waals surface area contributed by atoms with Gasteiger partial charge in [-0.25, -0.2) is 0 Å². The Morgan fingerprint density at radius 3 is 2.90 bits per heavy atom. The van der Waals surface area contributed by atoms with Gasteiger partial charge in [0, 0.05) is 17.5 Å². The molecule has 1 unspecified atom stereocenters. The van der Waals surface area contributed by atoms with E-state index in [9.17, 15) is 0 Å². The highest BCUT2D eigenvalue weighted by molar-refractivity contribution is 14.1. The summed E-state index contributed by atoms with van der Waals surface area (Å²) in [4.78, 5) is 1.60. The third-order valence-corrected chi connectivity index (χ3v) is 6.45. The highest BCUT2D eigenvalue weighted by atomic mass is 127. The van der Waals surface area contributed by atoms with Crippen molar-refractivity contribution in [2.45, 2.75) is 63.5 Å². The third kappa shape index (κ3) is 3.96. The Hall–Kier alpha value is 0.350. The van der Waals surface area contributed by atoms with Gasteiger partial charge in [0.2, 0.25) is 0 Å². The van der Waals surface area contributed by atoms with E-state index in [1.807, 2.05) is 11.3 Å². The molecular formula is C16H24INOS. The van der Waals surface area contributed by atoms with Gasteiger partial charge in [0.05, 0.1) is 15.6 Å². The fourth-order valence-electron chi connectivity index (χ4n) is 3.42. The zero-order valence-electron chi connectivity index (χ0n) is 12.0. The van der Waals surface area contributed by atoms with Gasteiger partial charge in [0.25, 0.3) is 0 Å². The Morgan fingerprint density at radius 2 is 2.05 bits per heavy atom. The highest BCUT2D eigenvalue weighted by Gasteiger charge is 2.22. The number of fused-ring (bicyclic) bond motifs is 1. The van der Waals surface area contributed by atoms with Crippen LogP contribution in [0.15, 0.2) is 6.07 Å². The molecule has 1 aromatic heterocycles. The summed E-state index contributed by atoms with van der Waals surface area (Å²) in [6.45, 7) is 1.87. The van der Waals surface area contributed by atoms with Crippen LogP contribution < -0.4 is 5.32 Å². The molecule has 1 aromatic rings. The molecule has 2 aliphatic rings. The Morgan fingerprint density at radius 1 is 1.20 bits per heavy atom. The molecule has 20 heavy (non-hydrogen) atoms. The molecule has 0 bridgehead atoms. The van der Waals surface area contributed by atoms with Crippen LogP contribution in [0.1, 0.15) is 61.4 Å². The largest absolute Gasteiger partial charge is 0.377 e. The minimum Gasteiger partial charge on any atom is -0.377 e. The summed E-state index contributed by atoms with van der Waals surface area (Å²) >= 11 is 4.42. The van der Waals surface area contributed by atoms with Gasteiger partial charge >= 0.3 is 0 Å². The minimum absolute atomic E-state index is 0.537. The summed E-state index contributed by atoms with van der Waals surface area (Å²) in [6, 6.07) is 2.94. The van der Waals surface area contributed by atoms with Crippen LogP contribution in [0.4, 0.5) is 0 Å². The van der Waals surface area contributed by atoms with E-state index in [0.717, 1.165) is 13.2 Å². The maximum Gasteiger partial charge on any atom is 0.0659 e. The zero-order chi connectivity index (χ0) is 13.8. The van der Waals surface area contributed by atoms with E-state index in [4.69, 9.17) is 4.74 Å². The van der Waals surface area contributed by atoms with Crippen molar-refractivity contribution in [1.29, 1.82) is 0 Å². The molecule has 4 heteroatoms. The first-order valence-corrected chi connectivity index (χ1v) is 9.85. The lowest BCUT2D eigenvalue weighted by Gasteiger charge is -2.25. The van der Waals surface area contributed by atoms with Gasteiger partial charge in [-0.2, -0.15) is 0 Å². The molecule has 1 fully saturated rings. The lowest BCUT2D eigenvalue weighted by Crippen LogP contribution is -2.29. The van der Waals surface area contributed by atoms with E-state index >= 15 is 0 Å². The predicted molar refractivity (Wildman–Crippen MR) is 93.5 cm³/mol. The summed E-state index contributed by atoms with van der Waals surface area (Å²) in [6.07, 6.45) is 11.1. The van der Waals surface area contributed by atoms with Crippen molar-refractivity contribution in [3.05, 3.63) is 19.4 Å². The molecule has 1 heterocycles. The van der Waals surface area contributed by atoms with Gasteiger partial charge in [-0.3, -0.25) is 0 Å². The van der Waals surface area contributed by atoms with Gasteiger partial charge in [-0.15, -0.1) is 11.3 Å². The van der Waals surface area contributed by atoms with Crippen LogP contribution in [0.25, 0.3) is 0 Å². The molecule has 1 N–H and O–H groups in total. The first kappa shape index (κ1) is 15.3. The molecule has 112 valence electrons. The normalized spacial score (nSPS) is 23.8. The second-order valence-corrected chi connectivity index (χ2v) is 8.99. The smallest absolute Gasteiger partial charge is 0.0659 e. The van der Waals surface area contributed by atoms with Crippen molar-refractivity contribution in [2.75, 3.05) is 13.2 Å². The lowest BCUT2D eigenvalue weighted by atomic mass is 9.94. The van der Waals surface area contributed by atoms with E-state index in [1.165, 1.54) is 54.3 Å². The average Bonchev–Trinajstić information content (AvgIpc) is 2.86. The van der Waals surface area contributed by atoms with Crippen molar-refractivity contribution < 1.29 is 4.74 Å². The van der Waals surface area contributed by atoms with Crippen molar-refractivity contribution in [1.82, 2.24) is 5.32 Å². The molecular weight excluding hydrogens is 381 g/mol. The molecule has 0 aromatic carbocycles. The number of rotatable bonds is 5. The van der Waals surface area contributed by atoms with E-state index < -0.39 is 0 Å². The second-order valence-electron chi connectivity index (χ2n) is 5.96. The van der Waals surface area contributed by atoms with Crippen LogP contribution >= 0.6 is 33.9 Å². The lowest BCUT2D eigenvalue weighted by molar-refractivity contribution is 0.0292. The topological polar surface area (TPSA) is 21.3 Å². The molecule has 1 atom stereocenters. The van der Waals surface area contributed by atoms with Gasteiger partial charge < -0.3 is 10.1 Å². The first-order chi connectivity index (χ1) is 9.83. The van der Waals surface area contributed by atoms with E-state index in [-0.39, 0.29) is 0 Å². The molecule has 0 amide bonds. The van der Waals surface area contributed by atoms with Crippen molar-refractivity contribution >= 4 is 33.9 Å². The highest BCUT2D eigenvalue weighted by Crippen LogP contribution is 2.36. The number of ether oxygens (including phenoxy) is 1. The van der Waals surface area contributed by atoms with Crippen LogP contribution in [-0.4, -0.2) is 19.3 Å². The maximum absolute atomic E-state index is 6.01. The first-order valence-electron chi connectivity index (χ1n) is 7.96. The van der Waals surface area contributed by atoms with E-state index in [1.54, 1.807) is 10.4 Å². The van der Waals surface area contributed by atoms with Crippen LogP contribution in [0.3, 0.4) is 0 Å². The summed E-state index contributed by atoms with van der Waals surface area (Å²) in [5.41, 5.74) is 1.56. The Labute approximate surface area is 139 Å². The van der Waals surface area contributed by atoms with Crippen molar-refractivity contribution in [2.24, 2.45) is 0 Å². The molecule has 1 saturated carbocycles. The van der Waals surface area contributed by atoms with Gasteiger partial charge in [0.15, 0.2) is 0 Å². The van der Waals surface area contributed by atoms with Crippen molar-refractivity contribution in [3.8, 4) is 0 Å². The second kappa shape index (κ2) is 7.56. The summed E-state index contributed by atoms with van der Waals surface area (Å²) in [5.74, 6) is 0. The van der Waals surface area contributed by atoms with Crippen molar-refractivity contribution in [3.63, 3.8) is 0 Å². The van der Waals surface area contributed by atoms with E-state index in [0.29, 0.717) is 12.1 Å². The summed E-state index contributed by atoms with van der Waals surface area (Å²) < 4.78 is 7.44. The average molecular weight is 405 g/mol. The van der Waals surface area contributed by atoms with Crippen LogP contribution in [-0.2, 0) is 11.2 Å². The molecule has 2 aliphatic carbocycles. The minimum atomic E-state index is 0.537. The van der Waals surface area contributed by atoms with Crippen LogP contribution in [0.5, 0.6) is 0 Å². The summed E-state index contributed by atoms with van der Waals surface area (Å²) in [7, 11) is 0. The Balaban J connectivity index is 1.42. The molecule has 2 nitrogen and oxygen atoms in total. The predicted octanol–water partition coefficient (Wildman–Crippen LogP) is 4.67. The number of halogens is 1. The van der Waals surface area contributed by atoms with Crippen LogP contribution in [0, 0.1) is 2.88 Å². The number of aryl methyl sites for hydroxylation is 1. The standard InChI is InChI=1S/C16H24INOS/c17-16-11-13-14(7-4-8-15(13)20-16)18-9-10-19-12-5-2-1-3-6-12/h11-12,14,18H,1-10H2. The molecule has 0 spiro atoms. The quantitative estimate of drug-likeness (QED) is 0.568. The Kier molecular flexibility index (Phi) is 5.77. The van der Waals surface area contributed by atoms with Gasteiger partial charge in [0.1, 0.15) is 0 Å². The molecule has 0 saturated heterocycles. The summed E-state index contributed by atoms with van der Waals surface area (Å²) in [5, 5.41) is 3.71. The number of nitrogens with one attached hydrogen (secondary N) is 1. The van der Waals surface area contributed by atoms with Gasteiger partial charge in [-0.1, -0.05) is 19.3 Å². The fourth-order valence-corrected chi connectivity index (χ4v) is 5.54. The monoisotopic (exact) mass is 405 g/mol. The van der Waals surface area contributed by atoms with Gasteiger partial charge in [-0.05, 0) is 66.3 Å². The maximum atomic E-state index is 6.01. The number of hydrogen-bond donors (Lipinski definition) is 1. The Bertz CT molecular complexity index is 428. The third-order valence-electron chi connectivity index (χ3n) is 4.48. The number of hydrogen-bond acceptors (Lipinski definition) is 3. The SMILES string of the molecule is Ic1cc2c(s1)CCCC2NCCOC1CCCCC1. The zero-order valence-corrected chi connectivity index (χ0v) is 15.0. The van der Waals surface area contributed by atoms with E-state index in [2.05, 4.69) is 34.0 Å².